The highest BCUT2D eigenvalue weighted by atomic mass is 32.2. The largest absolute Gasteiger partial charge is 0.462 e. The number of allylic oxidation sites excluding steroid dienone is 4. The van der Waals surface area contributed by atoms with E-state index in [1.807, 2.05) is 0 Å². The van der Waals surface area contributed by atoms with E-state index in [0.717, 1.165) is 64.2 Å². The highest BCUT2D eigenvalue weighted by Crippen LogP contribution is 2.24. The summed E-state index contributed by atoms with van der Waals surface area (Å²) in [5.74, 6) is -1.99. The number of rotatable bonds is 39. The molecule has 0 saturated carbocycles. The number of aliphatic hydroxyl groups excluding tert-OH is 3. The molecule has 6 unspecified atom stereocenters. The van der Waals surface area contributed by atoms with Gasteiger partial charge in [-0.2, -0.15) is 8.42 Å². The molecule has 6 atom stereocenters. The van der Waals surface area contributed by atoms with Crippen molar-refractivity contribution in [2.75, 3.05) is 19.0 Å². The van der Waals surface area contributed by atoms with Crippen LogP contribution in [0.4, 0.5) is 0 Å². The van der Waals surface area contributed by atoms with Gasteiger partial charge in [0.2, 0.25) is 0 Å². The average Bonchev–Trinajstić information content (AvgIpc) is 3.20. The van der Waals surface area contributed by atoms with Crippen LogP contribution in [0.15, 0.2) is 24.3 Å². The molecule has 59 heavy (non-hydrogen) atoms. The Balaban J connectivity index is 2.44. The second kappa shape index (κ2) is 36.8. The van der Waals surface area contributed by atoms with Crippen molar-refractivity contribution < 1.29 is 56.8 Å². The maximum absolute atomic E-state index is 12.8. The summed E-state index contributed by atoms with van der Waals surface area (Å²) in [7, 11) is -4.60. The lowest BCUT2D eigenvalue weighted by Crippen LogP contribution is -2.60. The Hall–Kier alpha value is -1.87. The lowest BCUT2D eigenvalue weighted by Gasteiger charge is -2.40. The Bertz CT molecular complexity index is 1190. The fourth-order valence-electron chi connectivity index (χ4n) is 7.12. The second-order valence-electron chi connectivity index (χ2n) is 16.4. The number of carbonyl (C=O) groups is 2. The quantitative estimate of drug-likeness (QED) is 0.0199. The smallest absolute Gasteiger partial charge is 0.306 e. The van der Waals surface area contributed by atoms with Crippen molar-refractivity contribution in [3.05, 3.63) is 24.3 Å². The molecule has 0 amide bonds. The number of esters is 2. The van der Waals surface area contributed by atoms with E-state index in [4.69, 9.17) is 18.9 Å². The lowest BCUT2D eigenvalue weighted by molar-refractivity contribution is -0.297. The monoisotopic (exact) mass is 861 g/mol. The minimum Gasteiger partial charge on any atom is -0.462 e. The van der Waals surface area contributed by atoms with Gasteiger partial charge in [0.15, 0.2) is 12.4 Å². The van der Waals surface area contributed by atoms with Crippen LogP contribution in [0.1, 0.15) is 200 Å². The van der Waals surface area contributed by atoms with Crippen LogP contribution in [-0.2, 0) is 38.7 Å². The van der Waals surface area contributed by atoms with Crippen molar-refractivity contribution in [2.45, 2.75) is 237 Å². The van der Waals surface area contributed by atoms with Crippen LogP contribution in [0.25, 0.3) is 0 Å². The molecule has 0 aromatic carbocycles. The maximum atomic E-state index is 12.8. The second-order valence-corrected chi connectivity index (χ2v) is 17.9. The van der Waals surface area contributed by atoms with E-state index in [1.165, 1.54) is 96.3 Å². The summed E-state index contributed by atoms with van der Waals surface area (Å²) in [6.45, 7) is 3.74. The fraction of sp³-hybridized carbons (Fsp3) is 0.870. The highest BCUT2D eigenvalue weighted by Gasteiger charge is 2.46. The number of ether oxygens (including phenoxy) is 4. The molecular weight excluding hydrogens is 777 g/mol. The van der Waals surface area contributed by atoms with E-state index in [9.17, 15) is 37.9 Å². The third kappa shape index (κ3) is 31.6. The zero-order valence-electron chi connectivity index (χ0n) is 36.9. The van der Waals surface area contributed by atoms with Crippen LogP contribution in [-0.4, -0.2) is 96.0 Å². The molecule has 1 saturated heterocycles. The predicted molar refractivity (Wildman–Crippen MR) is 233 cm³/mol. The molecule has 1 fully saturated rings. The molecule has 1 aliphatic rings. The van der Waals surface area contributed by atoms with Gasteiger partial charge in [0.25, 0.3) is 10.1 Å². The van der Waals surface area contributed by atoms with Gasteiger partial charge >= 0.3 is 11.9 Å². The molecule has 0 aliphatic carbocycles. The zero-order valence-corrected chi connectivity index (χ0v) is 37.7. The van der Waals surface area contributed by atoms with Gasteiger partial charge in [-0.15, -0.1) is 0 Å². The van der Waals surface area contributed by atoms with Crippen molar-refractivity contribution in [1.29, 1.82) is 0 Å². The standard InChI is InChI=1S/C46H84O12S/c1-3-5-7-9-11-13-15-17-19-21-23-25-27-29-31-33-35-42(48)57-39(37-56-46-45(51)44(50)43(49)40(58-46)38-59(52,53)54)36-55-41(47)34-32-30-28-26-24-22-20-18-16-14-12-10-8-6-4-2/h13,15,19,21,39-40,43-46,49-51H,3-12,14,16-18,20,22-38H2,1-2H3,(H,52,53,54)/b15-13-,21-19-. The Kier molecular flexibility index (Phi) is 34.4. The van der Waals surface area contributed by atoms with Crippen molar-refractivity contribution in [1.82, 2.24) is 0 Å². The molecular formula is C46H84O12S. The Morgan fingerprint density at radius 3 is 1.51 bits per heavy atom. The third-order valence-electron chi connectivity index (χ3n) is 10.8. The van der Waals surface area contributed by atoms with Crippen LogP contribution in [0.3, 0.4) is 0 Å². The van der Waals surface area contributed by atoms with Gasteiger partial charge in [0.05, 0.1) is 6.61 Å². The molecule has 12 nitrogen and oxygen atoms in total. The normalized spacial score (nSPS) is 20.4. The van der Waals surface area contributed by atoms with Gasteiger partial charge in [-0.25, -0.2) is 0 Å². The number of aliphatic hydroxyl groups is 3. The summed E-state index contributed by atoms with van der Waals surface area (Å²) in [5, 5.41) is 30.9. The topological polar surface area (TPSA) is 186 Å². The van der Waals surface area contributed by atoms with E-state index in [0.29, 0.717) is 12.8 Å². The highest BCUT2D eigenvalue weighted by molar-refractivity contribution is 7.85. The van der Waals surface area contributed by atoms with Crippen LogP contribution in [0.2, 0.25) is 0 Å². The molecule has 0 radical (unpaired) electrons. The Morgan fingerprint density at radius 2 is 1.02 bits per heavy atom. The summed E-state index contributed by atoms with van der Waals surface area (Å²) >= 11 is 0. The number of hydrogen-bond donors (Lipinski definition) is 4. The van der Waals surface area contributed by atoms with Crippen molar-refractivity contribution >= 4 is 22.1 Å². The molecule has 4 N–H and O–H groups in total. The van der Waals surface area contributed by atoms with Crippen LogP contribution in [0, 0.1) is 0 Å². The van der Waals surface area contributed by atoms with Crippen molar-refractivity contribution in [2.24, 2.45) is 0 Å². The lowest BCUT2D eigenvalue weighted by atomic mass is 10.00. The predicted octanol–water partition coefficient (Wildman–Crippen LogP) is 9.62. The first-order valence-electron chi connectivity index (χ1n) is 23.4. The van der Waals surface area contributed by atoms with E-state index in [-0.39, 0.29) is 19.4 Å². The van der Waals surface area contributed by atoms with Gasteiger partial charge in [0, 0.05) is 12.8 Å². The van der Waals surface area contributed by atoms with Gasteiger partial charge < -0.3 is 34.3 Å². The van der Waals surface area contributed by atoms with Crippen LogP contribution < -0.4 is 0 Å². The van der Waals surface area contributed by atoms with E-state index >= 15 is 0 Å². The SMILES string of the molecule is CCCCCC/C=C\C/C=C\CCCCCCCC(=O)OC(COC(=O)CCCCCCCCCCCCCCCCC)COC1OC(CS(=O)(=O)O)C(O)C(O)C1O. The number of unbranched alkanes of at least 4 members (excludes halogenated alkanes) is 23. The zero-order chi connectivity index (χ0) is 43.4. The van der Waals surface area contributed by atoms with Gasteiger partial charge in [0.1, 0.15) is 36.8 Å². The van der Waals surface area contributed by atoms with E-state index < -0.39 is 71.2 Å². The summed E-state index contributed by atoms with van der Waals surface area (Å²) in [6.07, 6.45) is 30.7. The summed E-state index contributed by atoms with van der Waals surface area (Å²) in [6, 6.07) is 0. The number of carbonyl (C=O) groups excluding carboxylic acids is 2. The molecule has 1 aliphatic heterocycles. The molecule has 1 heterocycles. The molecule has 13 heteroatoms. The first kappa shape index (κ1) is 55.1. The Morgan fingerprint density at radius 1 is 0.576 bits per heavy atom. The maximum Gasteiger partial charge on any atom is 0.306 e. The molecule has 0 aromatic heterocycles. The average molecular weight is 861 g/mol. The molecule has 0 spiro atoms. The van der Waals surface area contributed by atoms with Crippen molar-refractivity contribution in [3.63, 3.8) is 0 Å². The first-order valence-corrected chi connectivity index (χ1v) is 25.0. The van der Waals surface area contributed by atoms with Crippen LogP contribution in [0.5, 0.6) is 0 Å². The minimum atomic E-state index is -4.60. The molecule has 0 bridgehead atoms. The fourth-order valence-corrected chi connectivity index (χ4v) is 7.81. The van der Waals surface area contributed by atoms with Gasteiger partial charge in [-0.1, -0.05) is 167 Å². The summed E-state index contributed by atoms with van der Waals surface area (Å²) in [5.41, 5.74) is 0. The van der Waals surface area contributed by atoms with E-state index in [1.54, 1.807) is 0 Å². The molecule has 0 aromatic rings. The Labute approximate surface area is 358 Å². The number of hydrogen-bond acceptors (Lipinski definition) is 11. The third-order valence-corrected chi connectivity index (χ3v) is 11.5. The molecule has 346 valence electrons. The van der Waals surface area contributed by atoms with Gasteiger partial charge in [-0.3, -0.25) is 14.1 Å². The van der Waals surface area contributed by atoms with Crippen LogP contribution >= 0.6 is 0 Å². The molecule has 1 rings (SSSR count). The first-order chi connectivity index (χ1) is 28.5. The minimum absolute atomic E-state index is 0.151. The summed E-state index contributed by atoms with van der Waals surface area (Å²) < 4.78 is 54.1. The van der Waals surface area contributed by atoms with E-state index in [2.05, 4.69) is 38.2 Å². The van der Waals surface area contributed by atoms with Gasteiger partial charge in [-0.05, 0) is 44.9 Å². The summed E-state index contributed by atoms with van der Waals surface area (Å²) in [4.78, 5) is 25.4. The van der Waals surface area contributed by atoms with Crippen molar-refractivity contribution in [3.8, 4) is 0 Å².